The molecule has 1 aromatic rings. The van der Waals surface area contributed by atoms with Gasteiger partial charge in [-0.2, -0.15) is 0 Å². The summed E-state index contributed by atoms with van der Waals surface area (Å²) in [5.41, 5.74) is 1.23. The Kier molecular flexibility index (Phi) is 5.16. The number of nitrogens with zero attached hydrogens (tertiary/aromatic N) is 2. The number of amidine groups is 1. The summed E-state index contributed by atoms with van der Waals surface area (Å²) in [6.45, 7) is 4.39. The molecule has 0 bridgehead atoms. The SMILES string of the molecule is CCOc1cc(/C=C2/N=C3CCCCCN3C2=O)ccc1OC(C)=O. The number of amides is 1. The van der Waals surface area contributed by atoms with Crippen LogP contribution in [0.5, 0.6) is 11.5 Å². The van der Waals surface area contributed by atoms with Crippen molar-refractivity contribution in [1.82, 2.24) is 4.90 Å². The first-order valence-corrected chi connectivity index (χ1v) is 8.65. The second-order valence-electron chi connectivity index (χ2n) is 6.06. The van der Waals surface area contributed by atoms with E-state index in [0.717, 1.165) is 43.6 Å². The van der Waals surface area contributed by atoms with Crippen molar-refractivity contribution in [3.63, 3.8) is 0 Å². The van der Waals surface area contributed by atoms with Gasteiger partial charge in [0.25, 0.3) is 5.91 Å². The third-order valence-electron chi connectivity index (χ3n) is 4.13. The standard InChI is InChI=1S/C19H22N2O4/c1-3-24-17-12-14(8-9-16(17)25-13(2)22)11-15-19(23)21-10-6-4-5-7-18(21)20-15/h8-9,11-12H,3-7,10H2,1-2H3/b15-11+. The Bertz CT molecular complexity index is 752. The number of esters is 1. The maximum Gasteiger partial charge on any atom is 0.308 e. The number of ether oxygens (including phenoxy) is 2. The van der Waals surface area contributed by atoms with Crippen molar-refractivity contribution >= 4 is 23.8 Å². The van der Waals surface area contributed by atoms with Crippen LogP contribution in [0, 0.1) is 0 Å². The van der Waals surface area contributed by atoms with Gasteiger partial charge in [-0.1, -0.05) is 12.5 Å². The molecule has 2 aliphatic rings. The number of hydrogen-bond donors (Lipinski definition) is 0. The van der Waals surface area contributed by atoms with E-state index in [0.29, 0.717) is 23.8 Å². The quantitative estimate of drug-likeness (QED) is 0.479. The summed E-state index contributed by atoms with van der Waals surface area (Å²) < 4.78 is 10.7. The average molecular weight is 342 g/mol. The number of fused-ring (bicyclic) bond motifs is 1. The van der Waals surface area contributed by atoms with E-state index < -0.39 is 5.97 Å². The topological polar surface area (TPSA) is 68.2 Å². The lowest BCUT2D eigenvalue weighted by Crippen LogP contribution is -2.31. The number of hydrogen-bond acceptors (Lipinski definition) is 5. The summed E-state index contributed by atoms with van der Waals surface area (Å²) in [4.78, 5) is 30.1. The number of carbonyl (C=O) groups is 2. The van der Waals surface area contributed by atoms with Gasteiger partial charge in [-0.25, -0.2) is 4.99 Å². The van der Waals surface area contributed by atoms with Crippen molar-refractivity contribution < 1.29 is 19.1 Å². The maximum absolute atomic E-state index is 12.6. The Labute approximate surface area is 147 Å². The Morgan fingerprint density at radius 3 is 2.88 bits per heavy atom. The van der Waals surface area contributed by atoms with Gasteiger partial charge in [-0.15, -0.1) is 0 Å². The van der Waals surface area contributed by atoms with Crippen LogP contribution >= 0.6 is 0 Å². The van der Waals surface area contributed by atoms with E-state index in [1.54, 1.807) is 29.2 Å². The zero-order valence-electron chi connectivity index (χ0n) is 14.6. The highest BCUT2D eigenvalue weighted by atomic mass is 16.6. The van der Waals surface area contributed by atoms with E-state index in [1.165, 1.54) is 6.92 Å². The van der Waals surface area contributed by atoms with Gasteiger partial charge < -0.3 is 9.47 Å². The van der Waals surface area contributed by atoms with Gasteiger partial charge in [0.05, 0.1) is 6.61 Å². The number of aliphatic imine (C=N–C) groups is 1. The molecule has 1 aromatic carbocycles. The predicted molar refractivity (Wildman–Crippen MR) is 94.5 cm³/mol. The monoisotopic (exact) mass is 342 g/mol. The molecule has 0 N–H and O–H groups in total. The highest BCUT2D eigenvalue weighted by molar-refractivity contribution is 6.14. The molecule has 6 nitrogen and oxygen atoms in total. The molecule has 0 radical (unpaired) electrons. The van der Waals surface area contributed by atoms with Crippen LogP contribution in [0.15, 0.2) is 28.9 Å². The van der Waals surface area contributed by atoms with Crippen LogP contribution in [0.1, 0.15) is 45.1 Å². The molecule has 0 saturated carbocycles. The Balaban J connectivity index is 1.89. The molecule has 0 aliphatic carbocycles. The number of benzene rings is 1. The fourth-order valence-electron chi connectivity index (χ4n) is 3.03. The molecular formula is C19H22N2O4. The highest BCUT2D eigenvalue weighted by Gasteiger charge is 2.30. The first-order chi connectivity index (χ1) is 12.1. The molecule has 0 spiro atoms. The Morgan fingerprint density at radius 1 is 1.28 bits per heavy atom. The van der Waals surface area contributed by atoms with Gasteiger partial charge in [0, 0.05) is 19.9 Å². The third-order valence-corrected chi connectivity index (χ3v) is 4.13. The zero-order chi connectivity index (χ0) is 17.8. The second-order valence-corrected chi connectivity index (χ2v) is 6.06. The second kappa shape index (κ2) is 7.51. The van der Waals surface area contributed by atoms with Crippen molar-refractivity contribution in [2.75, 3.05) is 13.2 Å². The Morgan fingerprint density at radius 2 is 2.12 bits per heavy atom. The third kappa shape index (κ3) is 3.90. The molecule has 1 saturated heterocycles. The smallest absolute Gasteiger partial charge is 0.308 e. The van der Waals surface area contributed by atoms with Crippen molar-refractivity contribution in [2.24, 2.45) is 4.99 Å². The molecule has 6 heteroatoms. The van der Waals surface area contributed by atoms with E-state index >= 15 is 0 Å². The lowest BCUT2D eigenvalue weighted by Gasteiger charge is -2.14. The van der Waals surface area contributed by atoms with E-state index in [2.05, 4.69) is 4.99 Å². The van der Waals surface area contributed by atoms with Gasteiger partial charge >= 0.3 is 5.97 Å². The molecular weight excluding hydrogens is 320 g/mol. The van der Waals surface area contributed by atoms with Crippen molar-refractivity contribution in [3.05, 3.63) is 29.5 Å². The zero-order valence-corrected chi connectivity index (χ0v) is 14.6. The van der Waals surface area contributed by atoms with E-state index in [-0.39, 0.29) is 5.91 Å². The summed E-state index contributed by atoms with van der Waals surface area (Å²) in [5.74, 6) is 1.26. The highest BCUT2D eigenvalue weighted by Crippen LogP contribution is 2.31. The molecule has 1 amide bonds. The van der Waals surface area contributed by atoms with E-state index in [1.807, 2.05) is 6.92 Å². The van der Waals surface area contributed by atoms with Gasteiger partial charge in [-0.05, 0) is 43.5 Å². The van der Waals surface area contributed by atoms with Crippen LogP contribution < -0.4 is 9.47 Å². The summed E-state index contributed by atoms with van der Waals surface area (Å²) >= 11 is 0. The van der Waals surface area contributed by atoms with E-state index in [9.17, 15) is 9.59 Å². The summed E-state index contributed by atoms with van der Waals surface area (Å²) in [6.07, 6.45) is 5.82. The molecule has 0 unspecified atom stereocenters. The average Bonchev–Trinajstić information content (AvgIpc) is 2.75. The predicted octanol–water partition coefficient (Wildman–Crippen LogP) is 3.17. The summed E-state index contributed by atoms with van der Waals surface area (Å²) in [5, 5.41) is 0. The molecule has 0 atom stereocenters. The van der Waals surface area contributed by atoms with Crippen LogP contribution in [0.25, 0.3) is 6.08 Å². The minimum Gasteiger partial charge on any atom is -0.490 e. The molecule has 3 rings (SSSR count). The molecule has 132 valence electrons. The van der Waals surface area contributed by atoms with Gasteiger partial charge in [-0.3, -0.25) is 14.5 Å². The molecule has 25 heavy (non-hydrogen) atoms. The molecule has 1 fully saturated rings. The maximum atomic E-state index is 12.6. The van der Waals surface area contributed by atoms with Crippen molar-refractivity contribution in [2.45, 2.75) is 39.5 Å². The summed E-state index contributed by atoms with van der Waals surface area (Å²) in [6, 6.07) is 5.21. The fourth-order valence-corrected chi connectivity index (χ4v) is 3.03. The van der Waals surface area contributed by atoms with Crippen molar-refractivity contribution in [1.29, 1.82) is 0 Å². The minimum absolute atomic E-state index is 0.0427. The van der Waals surface area contributed by atoms with Crippen molar-refractivity contribution in [3.8, 4) is 11.5 Å². The lowest BCUT2D eigenvalue weighted by atomic mass is 10.1. The van der Waals surface area contributed by atoms with Crippen LogP contribution in [0.4, 0.5) is 0 Å². The molecule has 2 aliphatic heterocycles. The number of rotatable bonds is 4. The lowest BCUT2D eigenvalue weighted by molar-refractivity contribution is -0.132. The Hall–Kier alpha value is -2.63. The van der Waals surface area contributed by atoms with Crippen LogP contribution in [0.2, 0.25) is 0 Å². The first-order valence-electron chi connectivity index (χ1n) is 8.65. The van der Waals surface area contributed by atoms with Crippen LogP contribution in [0.3, 0.4) is 0 Å². The van der Waals surface area contributed by atoms with Gasteiger partial charge in [0.1, 0.15) is 11.5 Å². The largest absolute Gasteiger partial charge is 0.490 e. The molecule has 0 aromatic heterocycles. The first kappa shape index (κ1) is 17.2. The van der Waals surface area contributed by atoms with Gasteiger partial charge in [0.15, 0.2) is 11.5 Å². The van der Waals surface area contributed by atoms with Crippen LogP contribution in [-0.4, -0.2) is 35.8 Å². The van der Waals surface area contributed by atoms with E-state index in [4.69, 9.17) is 9.47 Å². The normalized spacial score (nSPS) is 18.6. The minimum atomic E-state index is -0.405. The van der Waals surface area contributed by atoms with Crippen LogP contribution in [-0.2, 0) is 9.59 Å². The fraction of sp³-hybridized carbons (Fsp3) is 0.421. The number of carbonyl (C=O) groups excluding carboxylic acids is 2. The summed E-state index contributed by atoms with van der Waals surface area (Å²) in [7, 11) is 0. The molecule has 2 heterocycles. The van der Waals surface area contributed by atoms with Gasteiger partial charge in [0.2, 0.25) is 0 Å².